The van der Waals surface area contributed by atoms with Gasteiger partial charge in [-0.2, -0.15) is 5.26 Å². The Morgan fingerprint density at radius 2 is 1.94 bits per heavy atom. The van der Waals surface area contributed by atoms with Gasteiger partial charge in [0.1, 0.15) is 36.1 Å². The van der Waals surface area contributed by atoms with Crippen molar-refractivity contribution in [3.63, 3.8) is 0 Å². The quantitative estimate of drug-likeness (QED) is 0.188. The van der Waals surface area contributed by atoms with Crippen LogP contribution in [0.2, 0.25) is 0 Å². The van der Waals surface area contributed by atoms with Crippen LogP contribution in [0.25, 0.3) is 22.3 Å². The van der Waals surface area contributed by atoms with E-state index in [9.17, 15) is 15.2 Å². The first kappa shape index (κ1) is 32.1. The normalized spacial score (nSPS) is 15.6. The van der Waals surface area contributed by atoms with Crippen molar-refractivity contribution in [3.05, 3.63) is 100 Å². The van der Waals surface area contributed by atoms with E-state index < -0.39 is 5.97 Å². The zero-order valence-electron chi connectivity index (χ0n) is 27.2. The van der Waals surface area contributed by atoms with E-state index in [0.717, 1.165) is 46.6 Å². The van der Waals surface area contributed by atoms with Crippen LogP contribution in [0, 0.1) is 11.3 Å². The predicted molar refractivity (Wildman–Crippen MR) is 180 cm³/mol. The minimum atomic E-state index is -1.05. The number of nitrogens with zero attached hydrogens (tertiary/aromatic N) is 4. The van der Waals surface area contributed by atoms with Crippen molar-refractivity contribution in [1.29, 1.82) is 5.26 Å². The van der Waals surface area contributed by atoms with E-state index in [4.69, 9.17) is 33.7 Å². The van der Waals surface area contributed by atoms with Crippen molar-refractivity contribution >= 4 is 17.0 Å². The summed E-state index contributed by atoms with van der Waals surface area (Å²) in [4.78, 5) is 21.9. The van der Waals surface area contributed by atoms with E-state index in [1.807, 2.05) is 59.2 Å². The number of carboxylic acid groups (broad SMARTS) is 1. The van der Waals surface area contributed by atoms with Crippen LogP contribution in [0.1, 0.15) is 51.3 Å². The van der Waals surface area contributed by atoms with E-state index >= 15 is 0 Å². The van der Waals surface area contributed by atoms with Crippen LogP contribution in [-0.2, 0) is 35.5 Å². The summed E-state index contributed by atoms with van der Waals surface area (Å²) in [7, 11) is 1.59. The van der Waals surface area contributed by atoms with Gasteiger partial charge in [0.15, 0.2) is 0 Å². The monoisotopic (exact) mass is 660 g/mol. The summed E-state index contributed by atoms with van der Waals surface area (Å²) in [5, 5.41) is 19.4. The van der Waals surface area contributed by atoms with Crippen LogP contribution < -0.4 is 14.2 Å². The molecule has 2 aliphatic rings. The second-order valence-electron chi connectivity index (χ2n) is 12.1. The number of benzene rings is 3. The van der Waals surface area contributed by atoms with Crippen LogP contribution in [-0.4, -0.2) is 65.3 Å². The maximum absolute atomic E-state index is 12.1. The zero-order chi connectivity index (χ0) is 33.7. The standard InChI is InChI=1S/C38H36N4O7/c1-45-14-15-48-34-19-29(38(43)44)17-32-37(34)41-35(42(32)22-30-11-13-46-30)20-27-10-9-26-18-33(27)47-12-3-4-25-16-24(21-39)7-8-28(25)23-49-36-6-2-5-31(26)40-36/h2,5-10,16-19,30H,3-4,11-15,20,22-23H2,1H3,(H,43,44)/t30-/m0/s1. The summed E-state index contributed by atoms with van der Waals surface area (Å²) in [6, 6.07) is 22.8. The molecule has 1 fully saturated rings. The van der Waals surface area contributed by atoms with Crippen molar-refractivity contribution < 1.29 is 33.6 Å². The van der Waals surface area contributed by atoms with Crippen molar-refractivity contribution in [2.45, 2.75) is 44.9 Å². The third kappa shape index (κ3) is 7.06. The maximum Gasteiger partial charge on any atom is 0.335 e. The van der Waals surface area contributed by atoms with Crippen molar-refractivity contribution in [3.8, 4) is 34.7 Å². The number of aryl methyl sites for hydroxylation is 1. The molecule has 2 aromatic heterocycles. The number of hydrogen-bond donors (Lipinski definition) is 1. The molecule has 3 aromatic carbocycles. The number of pyridine rings is 1. The molecule has 11 heteroatoms. The lowest BCUT2D eigenvalue weighted by Gasteiger charge is -2.27. The predicted octanol–water partition coefficient (Wildman–Crippen LogP) is 5.98. The van der Waals surface area contributed by atoms with Gasteiger partial charge in [0, 0.05) is 37.3 Å². The number of hydrogen-bond acceptors (Lipinski definition) is 9. The molecule has 1 saturated heterocycles. The largest absolute Gasteiger partial charge is 0.493 e. The van der Waals surface area contributed by atoms with Gasteiger partial charge in [-0.3, -0.25) is 0 Å². The Labute approximate surface area is 283 Å². The average Bonchev–Trinajstić information content (AvgIpc) is 3.44. The van der Waals surface area contributed by atoms with Gasteiger partial charge in [-0.15, -0.1) is 0 Å². The zero-order valence-corrected chi connectivity index (χ0v) is 27.2. The molecule has 0 spiro atoms. The maximum atomic E-state index is 12.1. The van der Waals surface area contributed by atoms with Gasteiger partial charge in [-0.25, -0.2) is 14.8 Å². The molecule has 0 unspecified atom stereocenters. The summed E-state index contributed by atoms with van der Waals surface area (Å²) < 4.78 is 31.6. The summed E-state index contributed by atoms with van der Waals surface area (Å²) in [5.74, 6) is 1.29. The van der Waals surface area contributed by atoms with E-state index in [2.05, 4.69) is 6.07 Å². The SMILES string of the molecule is COCCOc1cc(C(=O)O)cc2c1nc(Cc1ccc3cc1OCCCc1cc(C#N)ccc1COc1cccc-3n1)n2C[C@@H]1CCO1. The van der Waals surface area contributed by atoms with Gasteiger partial charge in [0.05, 0.1) is 54.3 Å². The molecule has 5 aromatic rings. The van der Waals surface area contributed by atoms with E-state index in [-0.39, 0.29) is 18.3 Å². The first-order valence-corrected chi connectivity index (χ1v) is 16.4. The molecule has 11 nitrogen and oxygen atoms in total. The fraction of sp³-hybridized carbons (Fsp3) is 0.316. The fourth-order valence-corrected chi connectivity index (χ4v) is 6.17. The Hall–Kier alpha value is -5.44. The van der Waals surface area contributed by atoms with Gasteiger partial charge in [0.2, 0.25) is 5.88 Å². The Bertz CT molecular complexity index is 2050. The van der Waals surface area contributed by atoms with Crippen molar-refractivity contribution in [2.75, 3.05) is 33.5 Å². The Morgan fingerprint density at radius 1 is 1.04 bits per heavy atom. The number of carbonyl (C=O) groups is 1. The highest BCUT2D eigenvalue weighted by atomic mass is 16.5. The lowest BCUT2D eigenvalue weighted by Crippen LogP contribution is -2.31. The van der Waals surface area contributed by atoms with Crippen LogP contribution >= 0.6 is 0 Å². The van der Waals surface area contributed by atoms with Gasteiger partial charge in [-0.1, -0.05) is 24.3 Å². The first-order valence-electron chi connectivity index (χ1n) is 16.4. The number of aromatic nitrogens is 3. The van der Waals surface area contributed by atoms with Crippen LogP contribution in [0.4, 0.5) is 0 Å². The molecule has 1 atom stereocenters. The molecule has 0 saturated carbocycles. The summed E-state index contributed by atoms with van der Waals surface area (Å²) in [5.41, 5.74) is 6.58. The summed E-state index contributed by atoms with van der Waals surface area (Å²) in [6.07, 6.45) is 2.77. The second-order valence-corrected chi connectivity index (χ2v) is 12.1. The molecule has 49 heavy (non-hydrogen) atoms. The Kier molecular flexibility index (Phi) is 9.41. The van der Waals surface area contributed by atoms with Crippen LogP contribution in [0.5, 0.6) is 17.4 Å². The molecule has 1 N–H and O–H groups in total. The third-order valence-electron chi connectivity index (χ3n) is 8.86. The molecule has 0 aliphatic carbocycles. The second kappa shape index (κ2) is 14.4. The molecule has 7 rings (SSSR count). The number of aromatic carboxylic acids is 1. The molecular weight excluding hydrogens is 624 g/mol. The topological polar surface area (TPSA) is 138 Å². The lowest BCUT2D eigenvalue weighted by atomic mass is 10.0. The molecule has 4 bridgehead atoms. The van der Waals surface area contributed by atoms with Gasteiger partial charge in [0.25, 0.3) is 0 Å². The van der Waals surface area contributed by atoms with Gasteiger partial charge in [-0.05, 0) is 66.8 Å². The van der Waals surface area contributed by atoms with Crippen molar-refractivity contribution in [2.24, 2.45) is 0 Å². The highest BCUT2D eigenvalue weighted by molar-refractivity contribution is 5.95. The Balaban J connectivity index is 1.27. The number of nitriles is 1. The molecular formula is C38H36N4O7. The van der Waals surface area contributed by atoms with Gasteiger partial charge < -0.3 is 33.4 Å². The number of fused-ring (bicyclic) bond motifs is 7. The highest BCUT2D eigenvalue weighted by Gasteiger charge is 2.25. The van der Waals surface area contributed by atoms with Gasteiger partial charge >= 0.3 is 5.97 Å². The van der Waals surface area contributed by atoms with Crippen LogP contribution in [0.15, 0.2) is 66.7 Å². The number of imidazole rings is 1. The minimum Gasteiger partial charge on any atom is -0.493 e. The minimum absolute atomic E-state index is 0.00384. The number of methoxy groups -OCH3 is 1. The molecule has 0 radical (unpaired) electrons. The van der Waals surface area contributed by atoms with Crippen molar-refractivity contribution in [1.82, 2.24) is 14.5 Å². The van der Waals surface area contributed by atoms with Crippen LogP contribution in [0.3, 0.4) is 0 Å². The summed E-state index contributed by atoms with van der Waals surface area (Å²) >= 11 is 0. The van der Waals surface area contributed by atoms with E-state index in [1.54, 1.807) is 13.2 Å². The lowest BCUT2D eigenvalue weighted by molar-refractivity contribution is -0.0589. The molecule has 0 amide bonds. The highest BCUT2D eigenvalue weighted by Crippen LogP contribution is 2.34. The number of carboxylic acids is 1. The molecule has 2 aliphatic heterocycles. The van der Waals surface area contributed by atoms with E-state index in [0.29, 0.717) is 79.8 Å². The van der Waals surface area contributed by atoms with E-state index in [1.165, 1.54) is 6.07 Å². The Morgan fingerprint density at radius 3 is 2.73 bits per heavy atom. The fourth-order valence-electron chi connectivity index (χ4n) is 6.17. The smallest absolute Gasteiger partial charge is 0.335 e. The average molecular weight is 661 g/mol. The summed E-state index contributed by atoms with van der Waals surface area (Å²) in [6.45, 7) is 2.63. The number of ether oxygens (including phenoxy) is 5. The first-order chi connectivity index (χ1) is 24.0. The molecule has 250 valence electrons. The third-order valence-corrected chi connectivity index (χ3v) is 8.86. The molecule has 4 heterocycles. The number of rotatable bonds is 9.